The van der Waals surface area contributed by atoms with Crippen molar-refractivity contribution in [2.45, 2.75) is 598 Å². The molecule has 20 aliphatic rings. The van der Waals surface area contributed by atoms with Crippen LogP contribution in [0.15, 0.2) is 60.8 Å². The molecule has 20 fully saturated rings. The lowest BCUT2D eigenvalue weighted by atomic mass is 9.70. The average Bonchev–Trinajstić information content (AvgIpc) is 0.868. The second kappa shape index (κ2) is 72.7. The van der Waals surface area contributed by atoms with Gasteiger partial charge < -0.3 is 37.9 Å². The van der Waals surface area contributed by atoms with Crippen molar-refractivity contribution in [1.82, 2.24) is 0 Å². The van der Waals surface area contributed by atoms with Gasteiger partial charge >= 0.3 is 0 Å². The summed E-state index contributed by atoms with van der Waals surface area (Å²) in [5.74, 6) is 29.2. The fraction of sp³-hybridized carbons (Fsp3) is 0.930. The van der Waals surface area contributed by atoms with Gasteiger partial charge in [-0.05, 0) is 462 Å². The Bertz CT molecular complexity index is 2640. The first-order valence-electron chi connectivity index (χ1n) is 67.8. The minimum absolute atomic E-state index is 0.413. The van der Waals surface area contributed by atoms with Crippen molar-refractivity contribution in [3.63, 3.8) is 0 Å². The molecular formula is C142H254O8. The van der Waals surface area contributed by atoms with Gasteiger partial charge in [-0.3, -0.25) is 0 Å². The Labute approximate surface area is 933 Å². The molecule has 12 aliphatic carbocycles. The predicted octanol–water partition coefficient (Wildman–Crippen LogP) is 41.1. The Morgan fingerprint density at radius 3 is 0.453 bits per heavy atom. The maximum absolute atomic E-state index is 5.96. The van der Waals surface area contributed by atoms with E-state index in [4.69, 9.17) is 37.9 Å². The highest BCUT2D eigenvalue weighted by Crippen LogP contribution is 2.46. The molecule has 0 aromatic rings. The largest absolute Gasteiger partial charge is 0.378 e. The Kier molecular flexibility index (Phi) is 62.3. The molecule has 0 N–H and O–H groups in total. The van der Waals surface area contributed by atoms with E-state index in [0.29, 0.717) is 60.7 Å². The van der Waals surface area contributed by atoms with Crippen molar-refractivity contribution >= 4 is 0 Å². The second-order valence-electron chi connectivity index (χ2n) is 58.3. The van der Waals surface area contributed by atoms with Crippen LogP contribution in [0.5, 0.6) is 0 Å². The van der Waals surface area contributed by atoms with Gasteiger partial charge in [0.05, 0.1) is 75.3 Å². The second-order valence-corrected chi connectivity index (χ2v) is 58.3. The van der Waals surface area contributed by atoms with E-state index in [0.717, 1.165) is 230 Å². The molecule has 8 heteroatoms. The Morgan fingerprint density at radius 2 is 0.267 bits per heavy atom. The lowest BCUT2D eigenvalue weighted by Gasteiger charge is -2.36. The number of hydrogen-bond donors (Lipinski definition) is 0. The van der Waals surface area contributed by atoms with Gasteiger partial charge in [-0.2, -0.15) is 0 Å². The lowest BCUT2D eigenvalue weighted by Crippen LogP contribution is -2.33. The van der Waals surface area contributed by atoms with Crippen molar-refractivity contribution in [3.05, 3.63) is 60.8 Å². The molecule has 20 rings (SSSR count). The van der Waals surface area contributed by atoms with Crippen LogP contribution in [-0.4, -0.2) is 102 Å². The molecule has 8 saturated heterocycles. The van der Waals surface area contributed by atoms with Gasteiger partial charge in [0.15, 0.2) is 0 Å². The van der Waals surface area contributed by atoms with E-state index in [9.17, 15) is 0 Å². The van der Waals surface area contributed by atoms with Crippen LogP contribution in [0.25, 0.3) is 0 Å². The molecule has 0 aromatic carbocycles. The molecule has 0 amide bonds. The molecule has 8 nitrogen and oxygen atoms in total. The summed E-state index contributed by atoms with van der Waals surface area (Å²) < 4.78 is 46.5. The zero-order valence-corrected chi connectivity index (χ0v) is 103. The summed E-state index contributed by atoms with van der Waals surface area (Å²) in [5, 5.41) is 0. The molecule has 870 valence electrons. The predicted molar refractivity (Wildman–Crippen MR) is 644 cm³/mol. The lowest BCUT2D eigenvalue weighted by molar-refractivity contribution is -0.0538. The quantitative estimate of drug-likeness (QED) is 0.150. The first-order chi connectivity index (χ1) is 72.5. The minimum Gasteiger partial charge on any atom is -0.378 e. The van der Waals surface area contributed by atoms with Crippen molar-refractivity contribution < 1.29 is 37.9 Å². The molecule has 16 unspecified atom stereocenters. The van der Waals surface area contributed by atoms with Crippen LogP contribution < -0.4 is 0 Å². The third-order valence-corrected chi connectivity index (χ3v) is 43.3. The zero-order valence-electron chi connectivity index (χ0n) is 103. The van der Waals surface area contributed by atoms with Gasteiger partial charge in [-0.25, -0.2) is 0 Å². The standard InChI is InChI=1S/C16H28.4C15H26O.C14H26.4C13H24O/c1-13-3-7-15(8-4-13)11-12-16-9-5-14(2)6-10-16;2*1-12-3-6-14(7-4-12)8-10-15-9-5-13(2)11-16-15;2*1-12-3-6-14(7-4-12)9-10-15-8-5-13(2)16-11-15;1-11-3-7-13(8-4-11)14-9-5-12(2)6-10-14;2*1-10-3-6-12(7-4-10)13-8-5-11(2)14-9-13;2*1-10-3-6-12(7-4-10)13-8-5-11(2)9-14-13/h11-16H,3-10H2,1-2H3;2*8,10,12-15H,3-7,9,11H2,1-2H3;2*9-10,12-15H,3-8,11H2,1-2H3;11-14H,3-10H2,1-2H3;4*10-13H,3-9H2,1-2H3. The maximum Gasteiger partial charge on any atom is 0.0756 e. The van der Waals surface area contributed by atoms with Gasteiger partial charge in [0.25, 0.3) is 0 Å². The molecule has 0 aromatic heterocycles. The molecule has 12 saturated carbocycles. The molecule has 16 atom stereocenters. The summed E-state index contributed by atoms with van der Waals surface area (Å²) in [6.07, 6.45) is 119. The summed E-state index contributed by atoms with van der Waals surface area (Å²) in [4.78, 5) is 0. The van der Waals surface area contributed by atoms with Crippen molar-refractivity contribution in [3.8, 4) is 0 Å². The van der Waals surface area contributed by atoms with Crippen LogP contribution in [0.4, 0.5) is 0 Å². The molecule has 0 spiro atoms. The third-order valence-electron chi connectivity index (χ3n) is 43.3. The molecule has 8 aliphatic heterocycles. The fourth-order valence-electron chi connectivity index (χ4n) is 30.0. The summed E-state index contributed by atoms with van der Waals surface area (Å²) in [6, 6.07) is 0. The third kappa shape index (κ3) is 52.2. The van der Waals surface area contributed by atoms with Crippen LogP contribution in [0.2, 0.25) is 0 Å². The normalized spacial score (nSPS) is 43.1. The fourth-order valence-corrected chi connectivity index (χ4v) is 30.0. The molecule has 150 heavy (non-hydrogen) atoms. The summed E-state index contributed by atoms with van der Waals surface area (Å²) >= 11 is 0. The Hall–Kier alpha value is -1.62. The Balaban J connectivity index is 0.000000158. The van der Waals surface area contributed by atoms with Gasteiger partial charge in [0.1, 0.15) is 0 Å². The van der Waals surface area contributed by atoms with Crippen LogP contribution >= 0.6 is 0 Å². The van der Waals surface area contributed by atoms with Crippen LogP contribution in [0.3, 0.4) is 0 Å². The molecule has 8 heterocycles. The maximum atomic E-state index is 5.96. The first kappa shape index (κ1) is 128. The van der Waals surface area contributed by atoms with Crippen LogP contribution in [-0.2, 0) is 37.9 Å². The van der Waals surface area contributed by atoms with E-state index < -0.39 is 0 Å². The molecule has 0 radical (unpaired) electrons. The van der Waals surface area contributed by atoms with E-state index in [-0.39, 0.29) is 0 Å². The summed E-state index contributed by atoms with van der Waals surface area (Å²) in [6.45, 7) is 54.6. The van der Waals surface area contributed by atoms with Crippen LogP contribution in [0.1, 0.15) is 549 Å². The average molecular weight is 2090 g/mol. The zero-order chi connectivity index (χ0) is 107. The van der Waals surface area contributed by atoms with E-state index in [1.54, 1.807) is 25.7 Å². The highest BCUT2D eigenvalue weighted by Gasteiger charge is 2.37. The first-order valence-corrected chi connectivity index (χ1v) is 67.8. The van der Waals surface area contributed by atoms with Crippen molar-refractivity contribution in [2.75, 3.05) is 52.9 Å². The monoisotopic (exact) mass is 2090 g/mol. The summed E-state index contributed by atoms with van der Waals surface area (Å²) in [5.41, 5.74) is 0. The van der Waals surface area contributed by atoms with Crippen molar-refractivity contribution in [1.29, 1.82) is 0 Å². The smallest absolute Gasteiger partial charge is 0.0756 e. The van der Waals surface area contributed by atoms with E-state index >= 15 is 0 Å². The number of hydrogen-bond acceptors (Lipinski definition) is 8. The van der Waals surface area contributed by atoms with Gasteiger partial charge in [-0.15, -0.1) is 0 Å². The molecular weight excluding hydrogens is 1830 g/mol. The van der Waals surface area contributed by atoms with E-state index in [2.05, 4.69) is 199 Å². The van der Waals surface area contributed by atoms with Crippen molar-refractivity contribution in [2.24, 2.45) is 189 Å². The van der Waals surface area contributed by atoms with Gasteiger partial charge in [0, 0.05) is 38.3 Å². The summed E-state index contributed by atoms with van der Waals surface area (Å²) in [7, 11) is 0. The molecule has 0 bridgehead atoms. The van der Waals surface area contributed by atoms with E-state index in [1.165, 1.54) is 385 Å². The number of allylic oxidation sites excluding steroid dienone is 6. The number of rotatable bonds is 15. The van der Waals surface area contributed by atoms with Gasteiger partial charge in [-0.1, -0.05) is 326 Å². The highest BCUT2D eigenvalue weighted by atomic mass is 16.5. The topological polar surface area (TPSA) is 73.8 Å². The van der Waals surface area contributed by atoms with E-state index in [1.807, 2.05) is 0 Å². The minimum atomic E-state index is 0.413. The SMILES string of the molecule is CC1CCC(C2CCC(C)CC2)CC1.CC1CCC(C2CCC(C)CO2)CC1.CC1CCC(C2CCC(C)CO2)CC1.CC1CCC(C2CCC(C)OC2)CC1.CC1CCC(C2CCC(C)OC2)CC1.CC1CCC(C=CC2CCC(C)CC2)CC1.CC1CCC(C=CC2CCC(C)CO2)CC1.CC1CCC(C=CC2CCC(C)CO2)CC1.CC1CCC(C=CC2CCC(C)OC2)CC1.CC1CCC(C=CC2CCC(C)OC2)CC1. The van der Waals surface area contributed by atoms with Crippen LogP contribution in [0, 0.1) is 189 Å². The highest BCUT2D eigenvalue weighted by molar-refractivity contribution is 5.02. The van der Waals surface area contributed by atoms with Gasteiger partial charge in [0.2, 0.25) is 0 Å². The Morgan fingerprint density at radius 1 is 0.107 bits per heavy atom. The number of ether oxygens (including phenoxy) is 8.